The van der Waals surface area contributed by atoms with Crippen molar-refractivity contribution >= 4 is 47.0 Å². The van der Waals surface area contributed by atoms with Crippen LogP contribution in [0.15, 0.2) is 0 Å². The van der Waals surface area contributed by atoms with E-state index in [1.807, 2.05) is 0 Å². The molecule has 152 valence electrons. The average Bonchev–Trinajstić information content (AvgIpc) is 2.63. The van der Waals surface area contributed by atoms with E-state index in [0.29, 0.717) is 0 Å². The predicted octanol–water partition coefficient (Wildman–Crippen LogP) is 6.38. The van der Waals surface area contributed by atoms with E-state index in [1.54, 1.807) is 0 Å². The molecule has 0 saturated carbocycles. The summed E-state index contributed by atoms with van der Waals surface area (Å²) in [6.45, 7) is 14.8. The molecular formula is C20H44NS4+. The molecule has 0 N–H and O–H groups in total. The molecule has 0 bridgehead atoms. The van der Waals surface area contributed by atoms with Gasteiger partial charge in [0.2, 0.25) is 0 Å². The Bertz CT molecular complexity index is 211. The molecule has 0 rings (SSSR count). The van der Waals surface area contributed by atoms with Gasteiger partial charge in [0.1, 0.15) is 0 Å². The molecule has 0 unspecified atom stereocenters. The van der Waals surface area contributed by atoms with Crippen LogP contribution in [0.2, 0.25) is 0 Å². The molecule has 25 heavy (non-hydrogen) atoms. The minimum Gasteiger partial charge on any atom is -0.324 e. The van der Waals surface area contributed by atoms with Crippen molar-refractivity contribution < 1.29 is 4.48 Å². The van der Waals surface area contributed by atoms with Crippen LogP contribution in [0.1, 0.15) is 53.4 Å². The number of quaternary nitrogens is 1. The molecule has 0 aliphatic heterocycles. The van der Waals surface area contributed by atoms with Crippen LogP contribution in [0.3, 0.4) is 0 Å². The number of rotatable bonds is 20. The fourth-order valence-electron chi connectivity index (χ4n) is 3.26. The molecule has 0 amide bonds. The van der Waals surface area contributed by atoms with Gasteiger partial charge < -0.3 is 4.48 Å². The molecule has 0 aromatic carbocycles. The van der Waals surface area contributed by atoms with Gasteiger partial charge in [-0.25, -0.2) is 0 Å². The van der Waals surface area contributed by atoms with E-state index < -0.39 is 0 Å². The van der Waals surface area contributed by atoms with E-state index in [2.05, 4.69) is 74.7 Å². The van der Waals surface area contributed by atoms with Crippen molar-refractivity contribution in [1.82, 2.24) is 0 Å². The molecule has 0 aliphatic rings. The summed E-state index contributed by atoms with van der Waals surface area (Å²) < 4.78 is 1.41. The number of hydrogen-bond donors (Lipinski definition) is 0. The summed E-state index contributed by atoms with van der Waals surface area (Å²) in [6, 6.07) is 0. The third-order valence-electron chi connectivity index (χ3n) is 4.50. The molecule has 0 radical (unpaired) electrons. The quantitative estimate of drug-likeness (QED) is 0.164. The zero-order valence-corrected chi connectivity index (χ0v) is 20.7. The first-order chi connectivity index (χ1) is 12.2. The van der Waals surface area contributed by atoms with Crippen LogP contribution in [-0.2, 0) is 0 Å². The van der Waals surface area contributed by atoms with Crippen molar-refractivity contribution in [2.75, 3.05) is 72.2 Å². The first-order valence-electron chi connectivity index (χ1n) is 10.4. The monoisotopic (exact) mass is 426 g/mol. The summed E-state index contributed by atoms with van der Waals surface area (Å²) >= 11 is 8.49. The zero-order chi connectivity index (χ0) is 18.6. The second-order valence-corrected chi connectivity index (χ2v) is 12.0. The van der Waals surface area contributed by atoms with Crippen LogP contribution in [0.5, 0.6) is 0 Å². The number of thioether (sulfide) groups is 4. The summed E-state index contributed by atoms with van der Waals surface area (Å²) in [5.74, 6) is 10.5. The topological polar surface area (TPSA) is 0 Å². The van der Waals surface area contributed by atoms with Crippen LogP contribution in [0, 0.1) is 0 Å². The molecule has 0 atom stereocenters. The molecule has 0 heterocycles. The van der Waals surface area contributed by atoms with Gasteiger partial charge in [-0.1, -0.05) is 27.7 Å². The van der Waals surface area contributed by atoms with Gasteiger partial charge in [-0.3, -0.25) is 0 Å². The van der Waals surface area contributed by atoms with Crippen molar-refractivity contribution in [2.45, 2.75) is 53.4 Å². The first-order valence-corrected chi connectivity index (χ1v) is 15.0. The van der Waals surface area contributed by atoms with Crippen LogP contribution < -0.4 is 0 Å². The summed E-state index contributed by atoms with van der Waals surface area (Å²) in [7, 11) is 0. The fraction of sp³-hybridized carbons (Fsp3) is 1.00. The second kappa shape index (κ2) is 20.1. The molecule has 0 saturated heterocycles. The maximum atomic E-state index is 2.29. The van der Waals surface area contributed by atoms with Crippen LogP contribution in [0.4, 0.5) is 0 Å². The zero-order valence-electron chi connectivity index (χ0n) is 17.4. The lowest BCUT2D eigenvalue weighted by atomic mass is 10.2. The van der Waals surface area contributed by atoms with E-state index >= 15 is 0 Å². The lowest BCUT2D eigenvalue weighted by Gasteiger charge is -2.39. The van der Waals surface area contributed by atoms with Gasteiger partial charge in [-0.05, 0) is 46.0 Å². The lowest BCUT2D eigenvalue weighted by molar-refractivity contribution is -0.928. The summed E-state index contributed by atoms with van der Waals surface area (Å²) in [4.78, 5) is 0. The summed E-state index contributed by atoms with van der Waals surface area (Å²) in [5, 5.41) is 0. The number of nitrogens with zero attached hydrogens (tertiary/aromatic N) is 1. The maximum Gasteiger partial charge on any atom is 0.0794 e. The van der Waals surface area contributed by atoms with E-state index in [-0.39, 0.29) is 0 Å². The second-order valence-electron chi connectivity index (χ2n) is 6.44. The molecule has 0 aliphatic carbocycles. The smallest absolute Gasteiger partial charge is 0.0794 e. The Morgan fingerprint density at radius 3 is 0.880 bits per heavy atom. The average molecular weight is 427 g/mol. The van der Waals surface area contributed by atoms with Gasteiger partial charge in [0, 0.05) is 25.7 Å². The third-order valence-corrected chi connectivity index (χ3v) is 8.44. The first kappa shape index (κ1) is 26.4. The van der Waals surface area contributed by atoms with E-state index in [9.17, 15) is 0 Å². The van der Waals surface area contributed by atoms with Gasteiger partial charge in [0.15, 0.2) is 0 Å². The highest BCUT2D eigenvalue weighted by molar-refractivity contribution is 7.99. The van der Waals surface area contributed by atoms with Crippen LogP contribution >= 0.6 is 47.0 Å². The highest BCUT2D eigenvalue weighted by atomic mass is 32.2. The van der Waals surface area contributed by atoms with E-state index in [4.69, 9.17) is 0 Å². The Kier molecular flexibility index (Phi) is 21.2. The lowest BCUT2D eigenvalue weighted by Crippen LogP contribution is -2.51. The minimum absolute atomic E-state index is 1.27. The Balaban J connectivity index is 4.62. The standard InChI is InChI=1S/C20H44NS4/c1-5-22-17-9-13-21(14-10-18-23-6-2,15-11-19-24-7-3)16-12-20-25-8-4/h5-20H2,1-4H3/q+1. The molecule has 0 aromatic rings. The Hall–Kier alpha value is 1.36. The molecule has 0 spiro atoms. The highest BCUT2D eigenvalue weighted by Crippen LogP contribution is 2.18. The van der Waals surface area contributed by atoms with Crippen molar-refractivity contribution in [3.63, 3.8) is 0 Å². The van der Waals surface area contributed by atoms with E-state index in [0.717, 1.165) is 0 Å². The fourth-order valence-corrected chi connectivity index (χ4v) is 5.74. The third kappa shape index (κ3) is 16.1. The van der Waals surface area contributed by atoms with Crippen LogP contribution in [-0.4, -0.2) is 76.7 Å². The van der Waals surface area contributed by atoms with E-state index in [1.165, 1.54) is 102 Å². The molecule has 1 nitrogen and oxygen atoms in total. The summed E-state index contributed by atoms with van der Waals surface area (Å²) in [5.41, 5.74) is 0. The highest BCUT2D eigenvalue weighted by Gasteiger charge is 2.25. The summed E-state index contributed by atoms with van der Waals surface area (Å²) in [6.07, 6.45) is 5.62. The predicted molar refractivity (Wildman–Crippen MR) is 130 cm³/mol. The Morgan fingerprint density at radius 2 is 0.680 bits per heavy atom. The van der Waals surface area contributed by atoms with Gasteiger partial charge in [-0.15, -0.1) is 0 Å². The molecule has 5 heteroatoms. The van der Waals surface area contributed by atoms with Gasteiger partial charge >= 0.3 is 0 Å². The largest absolute Gasteiger partial charge is 0.324 e. The molecule has 0 aromatic heterocycles. The molecule has 0 fully saturated rings. The maximum absolute atomic E-state index is 2.29. The normalized spacial score (nSPS) is 12.0. The Labute approximate surface area is 176 Å². The van der Waals surface area contributed by atoms with Crippen molar-refractivity contribution in [2.24, 2.45) is 0 Å². The van der Waals surface area contributed by atoms with Gasteiger partial charge in [0.05, 0.1) is 26.2 Å². The SMILES string of the molecule is CCSCCC[N+](CCCSCC)(CCCSCC)CCCSCC. The van der Waals surface area contributed by atoms with Crippen molar-refractivity contribution in [1.29, 1.82) is 0 Å². The van der Waals surface area contributed by atoms with Crippen molar-refractivity contribution in [3.8, 4) is 0 Å². The van der Waals surface area contributed by atoms with Crippen molar-refractivity contribution in [3.05, 3.63) is 0 Å². The van der Waals surface area contributed by atoms with Gasteiger partial charge in [-0.2, -0.15) is 47.0 Å². The van der Waals surface area contributed by atoms with Gasteiger partial charge in [0.25, 0.3) is 0 Å². The number of hydrogen-bond acceptors (Lipinski definition) is 4. The minimum atomic E-state index is 1.27. The Morgan fingerprint density at radius 1 is 0.440 bits per heavy atom. The van der Waals surface area contributed by atoms with Crippen LogP contribution in [0.25, 0.3) is 0 Å². The molecular weight excluding hydrogens is 382 g/mol.